The first-order valence-corrected chi connectivity index (χ1v) is 6.47. The second kappa shape index (κ2) is 3.82. The Kier molecular flexibility index (Phi) is 2.42. The van der Waals surface area contributed by atoms with Gasteiger partial charge >= 0.3 is 0 Å². The summed E-state index contributed by atoms with van der Waals surface area (Å²) in [5.74, 6) is 0.736. The van der Waals surface area contributed by atoms with Crippen molar-refractivity contribution in [2.45, 2.75) is 13.8 Å². The summed E-state index contributed by atoms with van der Waals surface area (Å²) in [7, 11) is 0. The van der Waals surface area contributed by atoms with Crippen molar-refractivity contribution >= 4 is 28.7 Å². The molecule has 0 aromatic carbocycles. The molecule has 0 bridgehead atoms. The van der Waals surface area contributed by atoms with Crippen LogP contribution in [0.2, 0.25) is 4.34 Å². The maximum Gasteiger partial charge on any atom is 0.234 e. The van der Waals surface area contributed by atoms with Crippen molar-refractivity contribution in [3.8, 4) is 11.3 Å². The third kappa shape index (κ3) is 1.83. The highest BCUT2D eigenvalue weighted by atomic mass is 35.5. The Morgan fingerprint density at radius 1 is 1.24 bits per heavy atom. The number of aromatic nitrogens is 3. The number of fused-ring (bicyclic) bond motifs is 1. The lowest BCUT2D eigenvalue weighted by molar-refractivity contribution is 1.01. The second-order valence-electron chi connectivity index (χ2n) is 3.97. The van der Waals surface area contributed by atoms with Crippen LogP contribution in [0, 0.1) is 13.8 Å². The Morgan fingerprint density at radius 2 is 2.06 bits per heavy atom. The summed E-state index contributed by atoms with van der Waals surface area (Å²) in [5, 5.41) is 2.01. The maximum atomic E-state index is 5.93. The maximum absolute atomic E-state index is 5.93. The smallest absolute Gasteiger partial charge is 0.234 e. The summed E-state index contributed by atoms with van der Waals surface area (Å²) < 4.78 is 2.77. The van der Waals surface area contributed by atoms with E-state index in [0.29, 0.717) is 0 Å². The number of aryl methyl sites for hydroxylation is 2. The topological polar surface area (TPSA) is 30.2 Å². The summed E-state index contributed by atoms with van der Waals surface area (Å²) in [5.41, 5.74) is 4.07. The van der Waals surface area contributed by atoms with Gasteiger partial charge in [0.25, 0.3) is 0 Å². The molecule has 0 spiro atoms. The van der Waals surface area contributed by atoms with Gasteiger partial charge in [-0.1, -0.05) is 11.6 Å². The van der Waals surface area contributed by atoms with Gasteiger partial charge in [-0.25, -0.2) is 9.97 Å². The average Bonchev–Trinajstić information content (AvgIpc) is 2.83. The third-order valence-corrected chi connectivity index (χ3v) is 3.72. The molecule has 17 heavy (non-hydrogen) atoms. The Hall–Kier alpha value is -1.39. The first-order valence-electron chi connectivity index (χ1n) is 5.21. The molecular formula is C12H10ClN3S. The summed E-state index contributed by atoms with van der Waals surface area (Å²) in [6.45, 7) is 4.02. The first kappa shape index (κ1) is 10.7. The molecule has 0 saturated heterocycles. The molecule has 5 heteroatoms. The van der Waals surface area contributed by atoms with Crippen LogP contribution in [0.4, 0.5) is 0 Å². The van der Waals surface area contributed by atoms with Crippen LogP contribution in [0.3, 0.4) is 0 Å². The highest BCUT2D eigenvalue weighted by Gasteiger charge is 2.08. The van der Waals surface area contributed by atoms with Gasteiger partial charge in [0.15, 0.2) is 0 Å². The zero-order valence-electron chi connectivity index (χ0n) is 9.44. The Labute approximate surface area is 108 Å². The number of rotatable bonds is 1. The van der Waals surface area contributed by atoms with Crippen molar-refractivity contribution in [2.75, 3.05) is 0 Å². The van der Waals surface area contributed by atoms with Crippen molar-refractivity contribution in [3.63, 3.8) is 0 Å². The van der Waals surface area contributed by atoms with Crippen molar-refractivity contribution in [2.24, 2.45) is 0 Å². The number of nitrogens with zero attached hydrogens (tertiary/aromatic N) is 3. The third-order valence-electron chi connectivity index (χ3n) is 2.62. The van der Waals surface area contributed by atoms with Gasteiger partial charge in [0, 0.05) is 28.5 Å². The lowest BCUT2D eigenvalue weighted by atomic mass is 10.3. The van der Waals surface area contributed by atoms with E-state index < -0.39 is 0 Å². The van der Waals surface area contributed by atoms with Gasteiger partial charge in [-0.05, 0) is 26.0 Å². The van der Waals surface area contributed by atoms with E-state index in [1.165, 1.54) is 11.3 Å². The Morgan fingerprint density at radius 3 is 2.76 bits per heavy atom. The number of imidazole rings is 1. The van der Waals surface area contributed by atoms with E-state index in [-0.39, 0.29) is 0 Å². The van der Waals surface area contributed by atoms with Crippen LogP contribution in [-0.2, 0) is 0 Å². The van der Waals surface area contributed by atoms with E-state index in [9.17, 15) is 0 Å². The van der Waals surface area contributed by atoms with E-state index >= 15 is 0 Å². The van der Waals surface area contributed by atoms with Crippen molar-refractivity contribution in [1.82, 2.24) is 14.4 Å². The van der Waals surface area contributed by atoms with Gasteiger partial charge in [0.05, 0.1) is 10.0 Å². The predicted molar refractivity (Wildman–Crippen MR) is 70.8 cm³/mol. The lowest BCUT2D eigenvalue weighted by Crippen LogP contribution is -1.94. The largest absolute Gasteiger partial charge is 0.288 e. The van der Waals surface area contributed by atoms with Crippen molar-refractivity contribution in [1.29, 1.82) is 0 Å². The predicted octanol–water partition coefficient (Wildman–Crippen LogP) is 3.73. The van der Waals surface area contributed by atoms with E-state index in [1.807, 2.05) is 42.0 Å². The van der Waals surface area contributed by atoms with Crippen molar-refractivity contribution in [3.05, 3.63) is 39.4 Å². The number of thiophene rings is 1. The normalized spacial score (nSPS) is 11.2. The molecule has 0 radical (unpaired) electrons. The quantitative estimate of drug-likeness (QED) is 0.670. The zero-order chi connectivity index (χ0) is 12.0. The van der Waals surface area contributed by atoms with Gasteiger partial charge in [0.1, 0.15) is 0 Å². The summed E-state index contributed by atoms with van der Waals surface area (Å²) in [6, 6.07) is 3.97. The summed E-state index contributed by atoms with van der Waals surface area (Å²) in [6.07, 6.45) is 2.00. The zero-order valence-corrected chi connectivity index (χ0v) is 11.0. The summed E-state index contributed by atoms with van der Waals surface area (Å²) in [4.78, 5) is 8.93. The van der Waals surface area contributed by atoms with E-state index in [2.05, 4.69) is 9.97 Å². The van der Waals surface area contributed by atoms with Crippen molar-refractivity contribution < 1.29 is 0 Å². The highest BCUT2D eigenvalue weighted by Crippen LogP contribution is 2.28. The van der Waals surface area contributed by atoms with Crippen LogP contribution in [0.5, 0.6) is 0 Å². The molecule has 0 amide bonds. The van der Waals surface area contributed by atoms with Crippen LogP contribution in [0.1, 0.15) is 11.4 Å². The van der Waals surface area contributed by atoms with Gasteiger partial charge in [-0.2, -0.15) is 0 Å². The van der Waals surface area contributed by atoms with Crippen LogP contribution < -0.4 is 0 Å². The molecule has 0 aliphatic carbocycles. The molecule has 3 aromatic rings. The summed E-state index contributed by atoms with van der Waals surface area (Å²) >= 11 is 7.45. The second-order valence-corrected chi connectivity index (χ2v) is 5.52. The molecule has 3 heterocycles. The lowest BCUT2D eigenvalue weighted by Gasteiger charge is -1.98. The first-order chi connectivity index (χ1) is 8.13. The van der Waals surface area contributed by atoms with E-state index in [4.69, 9.17) is 11.6 Å². The van der Waals surface area contributed by atoms with E-state index in [0.717, 1.165) is 32.8 Å². The molecule has 0 unspecified atom stereocenters. The molecule has 3 nitrogen and oxygen atoms in total. The van der Waals surface area contributed by atoms with Gasteiger partial charge in [0.2, 0.25) is 5.78 Å². The van der Waals surface area contributed by atoms with E-state index in [1.54, 1.807) is 0 Å². The van der Waals surface area contributed by atoms with Gasteiger partial charge in [-0.15, -0.1) is 11.3 Å². The Bertz CT molecular complexity index is 699. The van der Waals surface area contributed by atoms with Crippen LogP contribution in [-0.4, -0.2) is 14.4 Å². The van der Waals surface area contributed by atoms with Gasteiger partial charge < -0.3 is 0 Å². The minimum atomic E-state index is 0.736. The molecular weight excluding hydrogens is 254 g/mol. The SMILES string of the molecule is Cc1cc(C)n2cc(-c3csc(Cl)c3)nc2n1. The minimum Gasteiger partial charge on any atom is -0.288 e. The number of halogens is 1. The standard InChI is InChI=1S/C12H10ClN3S/c1-7-3-8(2)16-5-10(15-12(16)14-7)9-4-11(13)17-6-9/h3-6H,1-2H3. The molecule has 3 aromatic heterocycles. The molecule has 3 rings (SSSR count). The van der Waals surface area contributed by atoms with Crippen LogP contribution in [0.25, 0.3) is 17.0 Å². The van der Waals surface area contributed by atoms with Gasteiger partial charge in [-0.3, -0.25) is 4.40 Å². The number of hydrogen-bond acceptors (Lipinski definition) is 3. The molecule has 86 valence electrons. The molecule has 0 fully saturated rings. The average molecular weight is 264 g/mol. The number of hydrogen-bond donors (Lipinski definition) is 0. The molecule has 0 atom stereocenters. The van der Waals surface area contributed by atoms with Crippen LogP contribution >= 0.6 is 22.9 Å². The monoisotopic (exact) mass is 263 g/mol. The molecule has 0 aliphatic heterocycles. The molecule has 0 N–H and O–H groups in total. The molecule has 0 saturated carbocycles. The Balaban J connectivity index is 2.23. The minimum absolute atomic E-state index is 0.736. The van der Waals surface area contributed by atoms with Crippen LogP contribution in [0.15, 0.2) is 23.7 Å². The highest BCUT2D eigenvalue weighted by molar-refractivity contribution is 7.14. The fourth-order valence-electron chi connectivity index (χ4n) is 1.85. The fourth-order valence-corrected chi connectivity index (χ4v) is 2.73. The fraction of sp³-hybridized carbons (Fsp3) is 0.167. The molecule has 0 aliphatic rings.